The molecule has 1 N–H and O–H groups in total. The molecule has 1 aliphatic rings. The van der Waals surface area contributed by atoms with Crippen molar-refractivity contribution in [2.75, 3.05) is 26.6 Å². The van der Waals surface area contributed by atoms with Gasteiger partial charge in [0.2, 0.25) is 5.75 Å². The molecule has 7 heteroatoms. The lowest BCUT2D eigenvalue weighted by molar-refractivity contribution is 0.324. The molecule has 1 aliphatic carbocycles. The highest BCUT2D eigenvalue weighted by atomic mass is 16.5. The molecule has 2 heterocycles. The van der Waals surface area contributed by atoms with Gasteiger partial charge in [-0.05, 0) is 25.0 Å². The fraction of sp³-hybridized carbons (Fsp3) is 0.429. The highest BCUT2D eigenvalue weighted by Gasteiger charge is 2.22. The van der Waals surface area contributed by atoms with Crippen LogP contribution < -0.4 is 19.5 Å². The second-order valence-corrected chi connectivity index (χ2v) is 7.01. The van der Waals surface area contributed by atoms with Gasteiger partial charge in [-0.15, -0.1) is 0 Å². The Morgan fingerprint density at radius 3 is 2.36 bits per heavy atom. The van der Waals surface area contributed by atoms with E-state index >= 15 is 0 Å². The van der Waals surface area contributed by atoms with Crippen molar-refractivity contribution in [3.8, 4) is 28.5 Å². The summed E-state index contributed by atoms with van der Waals surface area (Å²) in [4.78, 5) is 9.06. The van der Waals surface area contributed by atoms with Crippen molar-refractivity contribution in [3.63, 3.8) is 0 Å². The van der Waals surface area contributed by atoms with Crippen LogP contribution in [0, 0.1) is 0 Å². The van der Waals surface area contributed by atoms with E-state index in [9.17, 15) is 0 Å². The van der Waals surface area contributed by atoms with Crippen molar-refractivity contribution in [1.29, 1.82) is 0 Å². The Morgan fingerprint density at radius 1 is 1.00 bits per heavy atom. The first-order valence-electron chi connectivity index (χ1n) is 9.64. The third-order valence-electron chi connectivity index (χ3n) is 5.31. The van der Waals surface area contributed by atoms with Crippen LogP contribution in [0.1, 0.15) is 32.1 Å². The van der Waals surface area contributed by atoms with Crippen LogP contribution in [-0.4, -0.2) is 41.7 Å². The second-order valence-electron chi connectivity index (χ2n) is 7.01. The van der Waals surface area contributed by atoms with Crippen molar-refractivity contribution in [2.24, 2.45) is 0 Å². The van der Waals surface area contributed by atoms with Gasteiger partial charge in [-0.2, -0.15) is 0 Å². The Balaban J connectivity index is 1.85. The quantitative estimate of drug-likeness (QED) is 0.690. The number of nitrogens with one attached hydrogen (secondary N) is 1. The van der Waals surface area contributed by atoms with Crippen LogP contribution in [0.5, 0.6) is 17.2 Å². The number of methoxy groups -OCH3 is 3. The number of ether oxygens (including phenoxy) is 3. The van der Waals surface area contributed by atoms with E-state index in [-0.39, 0.29) is 0 Å². The Labute approximate surface area is 164 Å². The minimum atomic E-state index is 0.447. The van der Waals surface area contributed by atoms with Gasteiger partial charge in [-0.1, -0.05) is 19.3 Å². The maximum atomic E-state index is 5.53. The van der Waals surface area contributed by atoms with Crippen molar-refractivity contribution in [1.82, 2.24) is 14.4 Å². The molecule has 148 valence electrons. The summed E-state index contributed by atoms with van der Waals surface area (Å²) in [5.41, 5.74) is 2.54. The summed E-state index contributed by atoms with van der Waals surface area (Å²) in [6.07, 6.45) is 11.7. The lowest BCUT2D eigenvalue weighted by Crippen LogP contribution is -2.23. The molecule has 3 aromatic rings. The molecule has 1 fully saturated rings. The molecule has 2 aromatic heterocycles. The molecule has 1 saturated carbocycles. The average Bonchev–Trinajstić information content (AvgIpc) is 3.11. The normalized spacial score (nSPS) is 14.8. The first-order chi connectivity index (χ1) is 13.7. The van der Waals surface area contributed by atoms with Crippen molar-refractivity contribution < 1.29 is 14.2 Å². The van der Waals surface area contributed by atoms with E-state index < -0.39 is 0 Å². The second kappa shape index (κ2) is 7.96. The number of rotatable bonds is 6. The molecule has 28 heavy (non-hydrogen) atoms. The Bertz CT molecular complexity index is 938. The number of anilines is 1. The lowest BCUT2D eigenvalue weighted by atomic mass is 9.95. The summed E-state index contributed by atoms with van der Waals surface area (Å²) in [5.74, 6) is 2.76. The molecule has 0 spiro atoms. The minimum Gasteiger partial charge on any atom is -0.493 e. The standard InChI is InChI=1S/C21H26N4O3/c1-26-16-11-14(12-17(27-2)20(16)28-3)19-21(23-15-7-5-4-6-8-15)25-10-9-22-13-18(25)24-19/h9-13,15,23H,4-8H2,1-3H3. The minimum absolute atomic E-state index is 0.447. The zero-order chi connectivity index (χ0) is 19.5. The molecule has 4 rings (SSSR count). The van der Waals surface area contributed by atoms with Gasteiger partial charge < -0.3 is 19.5 Å². The first-order valence-corrected chi connectivity index (χ1v) is 9.64. The Kier molecular flexibility index (Phi) is 5.23. The number of hydrogen-bond donors (Lipinski definition) is 1. The van der Waals surface area contributed by atoms with Gasteiger partial charge in [-0.25, -0.2) is 4.98 Å². The van der Waals surface area contributed by atoms with E-state index in [2.05, 4.69) is 14.7 Å². The third kappa shape index (κ3) is 3.32. The van der Waals surface area contributed by atoms with Gasteiger partial charge in [0.15, 0.2) is 17.1 Å². The van der Waals surface area contributed by atoms with Gasteiger partial charge in [0.25, 0.3) is 0 Å². The maximum Gasteiger partial charge on any atom is 0.203 e. The number of nitrogens with zero attached hydrogens (tertiary/aromatic N) is 3. The van der Waals surface area contributed by atoms with Gasteiger partial charge in [0, 0.05) is 24.0 Å². The number of aromatic nitrogens is 3. The summed E-state index contributed by atoms with van der Waals surface area (Å²) in [7, 11) is 4.85. The number of benzene rings is 1. The van der Waals surface area contributed by atoms with Crippen LogP contribution in [0.15, 0.2) is 30.7 Å². The van der Waals surface area contributed by atoms with Gasteiger partial charge in [-0.3, -0.25) is 9.38 Å². The molecule has 0 radical (unpaired) electrons. The first kappa shape index (κ1) is 18.4. The molecule has 0 atom stereocenters. The van der Waals surface area contributed by atoms with E-state index in [0.29, 0.717) is 23.3 Å². The Morgan fingerprint density at radius 2 is 1.71 bits per heavy atom. The lowest BCUT2D eigenvalue weighted by Gasteiger charge is -2.24. The molecule has 0 bridgehead atoms. The number of fused-ring (bicyclic) bond motifs is 1. The van der Waals surface area contributed by atoms with Crippen LogP contribution >= 0.6 is 0 Å². The van der Waals surface area contributed by atoms with E-state index in [1.165, 1.54) is 32.1 Å². The third-order valence-corrected chi connectivity index (χ3v) is 5.31. The zero-order valence-corrected chi connectivity index (χ0v) is 16.6. The van der Waals surface area contributed by atoms with E-state index in [1.807, 2.05) is 18.3 Å². The van der Waals surface area contributed by atoms with Crippen molar-refractivity contribution in [3.05, 3.63) is 30.7 Å². The highest BCUT2D eigenvalue weighted by Crippen LogP contribution is 2.42. The molecule has 7 nitrogen and oxygen atoms in total. The fourth-order valence-electron chi connectivity index (χ4n) is 3.90. The fourth-order valence-corrected chi connectivity index (χ4v) is 3.90. The van der Waals surface area contributed by atoms with Crippen LogP contribution in [0.2, 0.25) is 0 Å². The largest absolute Gasteiger partial charge is 0.493 e. The average molecular weight is 382 g/mol. The predicted octanol–water partition coefficient (Wildman–Crippen LogP) is 4.17. The van der Waals surface area contributed by atoms with Gasteiger partial charge in [0.05, 0.1) is 27.5 Å². The molecule has 0 amide bonds. The molecule has 0 saturated heterocycles. The summed E-state index contributed by atoms with van der Waals surface area (Å²) in [6, 6.07) is 4.31. The molecular formula is C21H26N4O3. The number of hydrogen-bond acceptors (Lipinski definition) is 6. The summed E-state index contributed by atoms with van der Waals surface area (Å²) in [6.45, 7) is 0. The van der Waals surface area contributed by atoms with Gasteiger partial charge >= 0.3 is 0 Å². The van der Waals surface area contributed by atoms with Crippen LogP contribution in [0.4, 0.5) is 5.82 Å². The topological polar surface area (TPSA) is 69.9 Å². The monoisotopic (exact) mass is 382 g/mol. The molecule has 1 aromatic carbocycles. The van der Waals surface area contributed by atoms with Gasteiger partial charge in [0.1, 0.15) is 11.5 Å². The SMILES string of the molecule is COc1cc(-c2nc3cnccn3c2NC2CCCCC2)cc(OC)c1OC. The Hall–Kier alpha value is -2.96. The smallest absolute Gasteiger partial charge is 0.203 e. The van der Waals surface area contributed by atoms with E-state index in [0.717, 1.165) is 22.7 Å². The zero-order valence-electron chi connectivity index (χ0n) is 16.6. The summed E-state index contributed by atoms with van der Waals surface area (Å²) < 4.78 is 18.6. The van der Waals surface area contributed by atoms with Crippen LogP contribution in [0.25, 0.3) is 16.9 Å². The van der Waals surface area contributed by atoms with E-state index in [1.54, 1.807) is 33.7 Å². The summed E-state index contributed by atoms with van der Waals surface area (Å²) >= 11 is 0. The van der Waals surface area contributed by atoms with Crippen molar-refractivity contribution in [2.45, 2.75) is 38.1 Å². The molecular weight excluding hydrogens is 356 g/mol. The molecule has 0 unspecified atom stereocenters. The molecule has 0 aliphatic heterocycles. The van der Waals surface area contributed by atoms with Crippen LogP contribution in [-0.2, 0) is 0 Å². The predicted molar refractivity (Wildman–Crippen MR) is 109 cm³/mol. The maximum absolute atomic E-state index is 5.53. The van der Waals surface area contributed by atoms with E-state index in [4.69, 9.17) is 19.2 Å². The number of imidazole rings is 1. The van der Waals surface area contributed by atoms with Crippen LogP contribution in [0.3, 0.4) is 0 Å². The summed E-state index contributed by atoms with van der Waals surface area (Å²) in [5, 5.41) is 3.73. The van der Waals surface area contributed by atoms with Crippen molar-refractivity contribution >= 4 is 11.5 Å². The highest BCUT2D eigenvalue weighted by molar-refractivity contribution is 5.79.